The number of oxime groups is 1. The highest BCUT2D eigenvalue weighted by atomic mass is 16.5. The molecular weight excluding hydrogens is 498 g/mol. The normalized spacial score (nSPS) is 18.6. The number of nitrogens with one attached hydrogen (secondary N) is 2. The summed E-state index contributed by atoms with van der Waals surface area (Å²) < 4.78 is 5.26. The fraction of sp³-hybridized carbons (Fsp3) is 0.379. The number of benzene rings is 2. The summed E-state index contributed by atoms with van der Waals surface area (Å²) in [6, 6.07) is 11.7. The van der Waals surface area contributed by atoms with E-state index in [1.807, 2.05) is 11.0 Å². The van der Waals surface area contributed by atoms with Crippen molar-refractivity contribution in [2.45, 2.75) is 38.6 Å². The number of amidine groups is 1. The molecule has 4 rings (SSSR count). The third-order valence-electron chi connectivity index (χ3n) is 6.80. The van der Waals surface area contributed by atoms with Crippen LogP contribution >= 0.6 is 0 Å². The highest BCUT2D eigenvalue weighted by molar-refractivity contribution is 6.10. The molecule has 10 heteroatoms. The van der Waals surface area contributed by atoms with Gasteiger partial charge in [0.15, 0.2) is 5.84 Å². The van der Waals surface area contributed by atoms with Crippen LogP contribution in [0.2, 0.25) is 0 Å². The van der Waals surface area contributed by atoms with Crippen LogP contribution in [0.25, 0.3) is 0 Å². The largest absolute Gasteiger partial charge is 0.497 e. The first-order chi connectivity index (χ1) is 18.8. The Morgan fingerprint density at radius 2 is 1.85 bits per heavy atom. The average Bonchev–Trinajstić information content (AvgIpc) is 3.22. The lowest BCUT2D eigenvalue weighted by Crippen LogP contribution is -2.56. The van der Waals surface area contributed by atoms with Crippen molar-refractivity contribution in [3.05, 3.63) is 64.7 Å². The van der Waals surface area contributed by atoms with Crippen LogP contribution in [0.5, 0.6) is 5.75 Å². The molecule has 0 aliphatic carbocycles. The Labute approximate surface area is 228 Å². The molecule has 1 saturated heterocycles. The Hall–Kier alpha value is -4.52. The van der Waals surface area contributed by atoms with Crippen molar-refractivity contribution in [1.29, 1.82) is 0 Å². The minimum absolute atomic E-state index is 0.0930. The van der Waals surface area contributed by atoms with Gasteiger partial charge in [-0.05, 0) is 67.3 Å². The van der Waals surface area contributed by atoms with Crippen LogP contribution in [0.4, 0.5) is 4.79 Å². The maximum Gasteiger partial charge on any atom is 0.323 e. The molecule has 0 aromatic heterocycles. The first-order valence-corrected chi connectivity index (χ1v) is 13.0. The molecule has 2 aromatic rings. The highest BCUT2D eigenvalue weighted by Gasteiger charge is 2.47. The van der Waals surface area contributed by atoms with E-state index in [2.05, 4.69) is 41.5 Å². The fourth-order valence-electron chi connectivity index (χ4n) is 4.86. The van der Waals surface area contributed by atoms with E-state index in [4.69, 9.17) is 4.74 Å². The van der Waals surface area contributed by atoms with Crippen molar-refractivity contribution in [3.8, 4) is 17.6 Å². The molecule has 2 heterocycles. The lowest BCUT2D eigenvalue weighted by atomic mass is 9.94. The van der Waals surface area contributed by atoms with Gasteiger partial charge >= 0.3 is 6.03 Å². The minimum atomic E-state index is -1.59. The van der Waals surface area contributed by atoms with Gasteiger partial charge in [-0.15, -0.1) is 0 Å². The van der Waals surface area contributed by atoms with Crippen LogP contribution in [-0.2, 0) is 11.2 Å². The van der Waals surface area contributed by atoms with Gasteiger partial charge in [0.2, 0.25) is 5.54 Å². The Morgan fingerprint density at radius 3 is 2.44 bits per heavy atom. The number of ether oxygens (including phenoxy) is 1. The monoisotopic (exact) mass is 531 g/mol. The number of fused-ring (bicyclic) bond motifs is 1. The number of rotatable bonds is 8. The Bertz CT molecular complexity index is 1340. The van der Waals surface area contributed by atoms with Gasteiger partial charge < -0.3 is 25.1 Å². The van der Waals surface area contributed by atoms with Crippen molar-refractivity contribution < 1.29 is 24.3 Å². The average molecular weight is 532 g/mol. The first-order valence-electron chi connectivity index (χ1n) is 13.0. The fourth-order valence-corrected chi connectivity index (χ4v) is 4.86. The van der Waals surface area contributed by atoms with Gasteiger partial charge in [0.25, 0.3) is 11.8 Å². The van der Waals surface area contributed by atoms with Crippen LogP contribution in [0.1, 0.15) is 53.7 Å². The second-order valence-corrected chi connectivity index (χ2v) is 9.55. The quantitative estimate of drug-likeness (QED) is 0.120. The number of carbonyl (C=O) groups excluding carboxylic acids is 3. The predicted octanol–water partition coefficient (Wildman–Crippen LogP) is 2.58. The molecule has 10 nitrogen and oxygen atoms in total. The van der Waals surface area contributed by atoms with Crippen molar-refractivity contribution in [1.82, 2.24) is 20.4 Å². The molecule has 2 aliphatic heterocycles. The molecule has 4 amide bonds. The summed E-state index contributed by atoms with van der Waals surface area (Å²) in [6.07, 6.45) is 2.41. The van der Waals surface area contributed by atoms with Crippen LogP contribution in [0, 0.1) is 11.8 Å². The maximum absolute atomic E-state index is 13.2. The van der Waals surface area contributed by atoms with E-state index in [0.29, 0.717) is 35.7 Å². The summed E-state index contributed by atoms with van der Waals surface area (Å²) in [5.41, 5.74) is 1.15. The van der Waals surface area contributed by atoms with E-state index >= 15 is 0 Å². The summed E-state index contributed by atoms with van der Waals surface area (Å²) in [6.45, 7) is 5.94. The molecule has 0 radical (unpaired) electrons. The molecule has 1 unspecified atom stereocenters. The maximum atomic E-state index is 13.2. The zero-order valence-electron chi connectivity index (χ0n) is 22.4. The van der Waals surface area contributed by atoms with Crippen molar-refractivity contribution >= 4 is 23.7 Å². The Morgan fingerprint density at radius 1 is 1.13 bits per heavy atom. The smallest absolute Gasteiger partial charge is 0.323 e. The number of hydrogen-bond acceptors (Lipinski definition) is 6. The Kier molecular flexibility index (Phi) is 8.39. The molecule has 2 aromatic carbocycles. The van der Waals surface area contributed by atoms with Crippen molar-refractivity contribution in [2.75, 3.05) is 33.3 Å². The van der Waals surface area contributed by atoms with Crippen molar-refractivity contribution in [3.63, 3.8) is 0 Å². The van der Waals surface area contributed by atoms with E-state index in [-0.39, 0.29) is 12.5 Å². The summed E-state index contributed by atoms with van der Waals surface area (Å²) in [5.74, 6) is 6.23. The second-order valence-electron chi connectivity index (χ2n) is 9.55. The topological polar surface area (TPSA) is 124 Å². The molecule has 3 N–H and O–H groups in total. The standard InChI is InChI=1S/C29H33N5O5/c1-4-15-33(16-5-2)25(32-38)21-8-6-20(7-9-21)12-14-29(27(36)30-28(37)31-29)19-34-17-13-22-18-23(39-3)10-11-24(22)26(34)35/h6-11,18,38H,4-5,13,15-17,19H2,1-3H3,(H2,30,31,36,37). The van der Waals surface area contributed by atoms with Crippen LogP contribution in [0.3, 0.4) is 0 Å². The molecule has 39 heavy (non-hydrogen) atoms. The molecule has 204 valence electrons. The number of hydrogen-bond donors (Lipinski definition) is 3. The van der Waals surface area contributed by atoms with Gasteiger partial charge in [0, 0.05) is 36.3 Å². The number of carbonyl (C=O) groups is 3. The zero-order valence-corrected chi connectivity index (χ0v) is 22.4. The lowest BCUT2D eigenvalue weighted by molar-refractivity contribution is -0.122. The highest BCUT2D eigenvalue weighted by Crippen LogP contribution is 2.25. The number of amides is 4. The van der Waals surface area contributed by atoms with E-state index in [1.165, 1.54) is 4.90 Å². The number of nitrogens with zero attached hydrogens (tertiary/aromatic N) is 3. The summed E-state index contributed by atoms with van der Waals surface area (Å²) >= 11 is 0. The molecule has 1 atom stereocenters. The summed E-state index contributed by atoms with van der Waals surface area (Å²) in [5, 5.41) is 18.1. The summed E-state index contributed by atoms with van der Waals surface area (Å²) in [4.78, 5) is 41.9. The zero-order chi connectivity index (χ0) is 28.0. The van der Waals surface area contributed by atoms with E-state index in [1.54, 1.807) is 43.5 Å². The first kappa shape index (κ1) is 27.5. The SMILES string of the molecule is CCCN(CCC)C(=NO)c1ccc(C#CC2(CN3CCc4cc(OC)ccc4C3=O)NC(=O)NC2=O)cc1. The van der Waals surface area contributed by atoms with E-state index in [9.17, 15) is 19.6 Å². The molecule has 0 bridgehead atoms. The van der Waals surface area contributed by atoms with Gasteiger partial charge in [-0.2, -0.15) is 0 Å². The second kappa shape index (κ2) is 11.9. The van der Waals surface area contributed by atoms with Crippen LogP contribution in [-0.4, -0.2) is 77.5 Å². The van der Waals surface area contributed by atoms with Gasteiger partial charge in [0.1, 0.15) is 5.75 Å². The van der Waals surface area contributed by atoms with E-state index < -0.39 is 17.5 Å². The van der Waals surface area contributed by atoms with Crippen LogP contribution < -0.4 is 15.4 Å². The number of methoxy groups -OCH3 is 1. The third kappa shape index (κ3) is 5.82. The molecule has 1 fully saturated rings. The predicted molar refractivity (Wildman–Crippen MR) is 146 cm³/mol. The molecular formula is C29H33N5O5. The van der Waals surface area contributed by atoms with Gasteiger partial charge in [0.05, 0.1) is 13.7 Å². The minimum Gasteiger partial charge on any atom is -0.497 e. The molecule has 2 aliphatic rings. The van der Waals surface area contributed by atoms with Crippen molar-refractivity contribution in [2.24, 2.45) is 5.16 Å². The number of imide groups is 1. The third-order valence-corrected chi connectivity index (χ3v) is 6.80. The lowest BCUT2D eigenvalue weighted by Gasteiger charge is -2.33. The van der Waals surface area contributed by atoms with Gasteiger partial charge in [-0.25, -0.2) is 4.79 Å². The molecule has 0 spiro atoms. The molecule has 0 saturated carbocycles. The summed E-state index contributed by atoms with van der Waals surface area (Å²) in [7, 11) is 1.57. The van der Waals surface area contributed by atoms with Gasteiger partial charge in [-0.3, -0.25) is 14.9 Å². The van der Waals surface area contributed by atoms with Gasteiger partial charge in [-0.1, -0.05) is 30.8 Å². The van der Waals surface area contributed by atoms with Crippen LogP contribution in [0.15, 0.2) is 47.6 Å². The Balaban J connectivity index is 1.57. The van der Waals surface area contributed by atoms with E-state index in [0.717, 1.165) is 37.1 Å². The number of urea groups is 1.